The molecule has 0 saturated heterocycles. The molecule has 0 unspecified atom stereocenters. The van der Waals surface area contributed by atoms with Crippen LogP contribution >= 0.6 is 0 Å². The van der Waals surface area contributed by atoms with Gasteiger partial charge in [-0.25, -0.2) is 9.97 Å². The highest BCUT2D eigenvalue weighted by Crippen LogP contribution is 2.23. The van der Waals surface area contributed by atoms with Crippen LogP contribution in [0.2, 0.25) is 0 Å². The molecule has 0 atom stereocenters. The Bertz CT molecular complexity index is 759. The van der Waals surface area contributed by atoms with Crippen LogP contribution in [0.1, 0.15) is 5.69 Å². The fourth-order valence-corrected chi connectivity index (χ4v) is 2.02. The van der Waals surface area contributed by atoms with Crippen LogP contribution in [0.5, 0.6) is 0 Å². The minimum atomic E-state index is 0.394. The summed E-state index contributed by atoms with van der Waals surface area (Å²) in [6, 6.07) is 21.5. The van der Waals surface area contributed by atoms with Gasteiger partial charge in [0.15, 0.2) is 11.5 Å². The summed E-state index contributed by atoms with van der Waals surface area (Å²) >= 11 is 0. The predicted octanol–water partition coefficient (Wildman–Crippen LogP) is 3.68. The van der Waals surface area contributed by atoms with Crippen LogP contribution in [0.3, 0.4) is 0 Å². The smallest absolute Gasteiger partial charge is 0.160 e. The van der Waals surface area contributed by atoms with E-state index >= 15 is 0 Å². The average Bonchev–Trinajstić information content (AvgIpc) is 2.56. The Kier molecular flexibility index (Phi) is 3.22. The van der Waals surface area contributed by atoms with Gasteiger partial charge in [0.2, 0.25) is 0 Å². The lowest BCUT2D eigenvalue weighted by Gasteiger charge is -2.05. The minimum Gasteiger partial charge on any atom is -0.236 e. The Morgan fingerprint density at radius 3 is 2.00 bits per heavy atom. The fraction of sp³-hybridized carbons (Fsp3) is 0. The van der Waals surface area contributed by atoms with Gasteiger partial charge in [0.25, 0.3) is 0 Å². The number of nitriles is 1. The maximum Gasteiger partial charge on any atom is 0.160 e. The second-order valence-electron chi connectivity index (χ2n) is 4.30. The van der Waals surface area contributed by atoms with Gasteiger partial charge in [-0.2, -0.15) is 5.26 Å². The molecule has 0 radical (unpaired) electrons. The molecule has 0 aliphatic rings. The molecule has 3 aromatic rings. The van der Waals surface area contributed by atoms with Crippen molar-refractivity contribution < 1.29 is 0 Å². The van der Waals surface area contributed by atoms with Crippen molar-refractivity contribution in [1.82, 2.24) is 9.97 Å². The number of hydrogen-bond acceptors (Lipinski definition) is 3. The van der Waals surface area contributed by atoms with Crippen LogP contribution in [0, 0.1) is 11.3 Å². The van der Waals surface area contributed by atoms with E-state index < -0.39 is 0 Å². The van der Waals surface area contributed by atoms with Crippen molar-refractivity contribution in [2.75, 3.05) is 0 Å². The molecule has 94 valence electrons. The van der Waals surface area contributed by atoms with E-state index in [1.54, 1.807) is 6.20 Å². The molecule has 2 aromatic carbocycles. The van der Waals surface area contributed by atoms with Crippen LogP contribution in [0.25, 0.3) is 22.5 Å². The lowest BCUT2D eigenvalue weighted by molar-refractivity contribution is 1.15. The molecule has 0 saturated carbocycles. The molecule has 0 amide bonds. The summed E-state index contributed by atoms with van der Waals surface area (Å²) in [5, 5.41) is 9.31. The van der Waals surface area contributed by atoms with Gasteiger partial charge in [-0.05, 0) is 5.56 Å². The lowest BCUT2D eigenvalue weighted by atomic mass is 10.1. The van der Waals surface area contributed by atoms with Crippen LogP contribution in [-0.2, 0) is 0 Å². The zero-order chi connectivity index (χ0) is 13.8. The molecule has 3 rings (SSSR count). The molecule has 0 spiro atoms. The van der Waals surface area contributed by atoms with E-state index in [1.165, 1.54) is 0 Å². The quantitative estimate of drug-likeness (QED) is 0.703. The molecular formula is C17H11N3. The van der Waals surface area contributed by atoms with E-state index in [1.807, 2.05) is 60.7 Å². The second kappa shape index (κ2) is 5.33. The molecule has 3 heteroatoms. The monoisotopic (exact) mass is 257 g/mol. The first-order valence-electron chi connectivity index (χ1n) is 6.26. The van der Waals surface area contributed by atoms with Gasteiger partial charge >= 0.3 is 0 Å². The Labute approximate surface area is 117 Å². The third-order valence-electron chi connectivity index (χ3n) is 3.01. The second-order valence-corrected chi connectivity index (χ2v) is 4.30. The molecule has 0 fully saturated rings. The molecule has 0 N–H and O–H groups in total. The number of nitrogens with zero attached hydrogens (tertiary/aromatic N) is 3. The number of hydrogen-bond donors (Lipinski definition) is 0. The van der Waals surface area contributed by atoms with Crippen LogP contribution in [-0.4, -0.2) is 9.97 Å². The van der Waals surface area contributed by atoms with E-state index in [2.05, 4.69) is 16.0 Å². The highest BCUT2D eigenvalue weighted by molar-refractivity contribution is 5.69. The van der Waals surface area contributed by atoms with Crippen molar-refractivity contribution in [3.8, 4) is 28.6 Å². The van der Waals surface area contributed by atoms with Crippen LogP contribution in [0.4, 0.5) is 0 Å². The molecule has 3 nitrogen and oxygen atoms in total. The highest BCUT2D eigenvalue weighted by atomic mass is 14.9. The normalized spacial score (nSPS) is 9.95. The van der Waals surface area contributed by atoms with E-state index in [4.69, 9.17) is 0 Å². The maximum absolute atomic E-state index is 9.31. The van der Waals surface area contributed by atoms with E-state index in [0.717, 1.165) is 16.7 Å². The largest absolute Gasteiger partial charge is 0.236 e. The van der Waals surface area contributed by atoms with Crippen LogP contribution in [0.15, 0.2) is 66.9 Å². The molecule has 0 bridgehead atoms. The summed E-state index contributed by atoms with van der Waals surface area (Å²) in [4.78, 5) is 8.74. The summed E-state index contributed by atoms with van der Waals surface area (Å²) in [5.41, 5.74) is 3.00. The summed E-state index contributed by atoms with van der Waals surface area (Å²) in [6.45, 7) is 0. The highest BCUT2D eigenvalue weighted by Gasteiger charge is 2.09. The third-order valence-corrected chi connectivity index (χ3v) is 3.01. The zero-order valence-corrected chi connectivity index (χ0v) is 10.7. The summed E-state index contributed by atoms with van der Waals surface area (Å²) in [5.74, 6) is 0.571. The number of benzene rings is 2. The summed E-state index contributed by atoms with van der Waals surface area (Å²) in [6.07, 6.45) is 1.71. The first-order chi connectivity index (χ1) is 9.88. The Morgan fingerprint density at radius 2 is 1.40 bits per heavy atom. The van der Waals surface area contributed by atoms with Crippen molar-refractivity contribution in [3.63, 3.8) is 0 Å². The van der Waals surface area contributed by atoms with Crippen molar-refractivity contribution in [2.45, 2.75) is 0 Å². The van der Waals surface area contributed by atoms with Crippen molar-refractivity contribution in [1.29, 1.82) is 5.26 Å². The van der Waals surface area contributed by atoms with Gasteiger partial charge in [-0.1, -0.05) is 60.7 Å². The Morgan fingerprint density at radius 1 is 0.800 bits per heavy atom. The lowest BCUT2D eigenvalue weighted by Crippen LogP contribution is -1.95. The van der Waals surface area contributed by atoms with Crippen LogP contribution < -0.4 is 0 Å². The Balaban J connectivity index is 2.11. The fourth-order valence-electron chi connectivity index (χ4n) is 2.02. The summed E-state index contributed by atoms with van der Waals surface area (Å²) in [7, 11) is 0. The van der Waals surface area contributed by atoms with Gasteiger partial charge in [0.1, 0.15) is 6.07 Å². The first-order valence-corrected chi connectivity index (χ1v) is 6.26. The predicted molar refractivity (Wildman–Crippen MR) is 77.6 cm³/mol. The van der Waals surface area contributed by atoms with E-state index in [0.29, 0.717) is 11.5 Å². The molecule has 1 heterocycles. The zero-order valence-electron chi connectivity index (χ0n) is 10.7. The van der Waals surface area contributed by atoms with Gasteiger partial charge in [0.05, 0.1) is 0 Å². The first kappa shape index (κ1) is 12.1. The van der Waals surface area contributed by atoms with Gasteiger partial charge in [-0.3, -0.25) is 0 Å². The maximum atomic E-state index is 9.31. The Hall–Kier alpha value is -2.99. The standard InChI is InChI=1S/C17H11N3/c18-11-16-15(13-7-3-1-4-8-13)12-19-17(20-16)14-9-5-2-6-10-14/h1-10,12H. The molecule has 0 aliphatic heterocycles. The van der Waals surface area contributed by atoms with E-state index in [-0.39, 0.29) is 0 Å². The number of rotatable bonds is 2. The van der Waals surface area contributed by atoms with Crippen molar-refractivity contribution >= 4 is 0 Å². The minimum absolute atomic E-state index is 0.394. The average molecular weight is 257 g/mol. The molecular weight excluding hydrogens is 246 g/mol. The van der Waals surface area contributed by atoms with Gasteiger partial charge < -0.3 is 0 Å². The molecule has 0 aliphatic carbocycles. The van der Waals surface area contributed by atoms with Crippen molar-refractivity contribution in [2.24, 2.45) is 0 Å². The number of aromatic nitrogens is 2. The van der Waals surface area contributed by atoms with E-state index in [9.17, 15) is 5.26 Å². The van der Waals surface area contributed by atoms with Gasteiger partial charge in [-0.15, -0.1) is 0 Å². The molecule has 20 heavy (non-hydrogen) atoms. The summed E-state index contributed by atoms with van der Waals surface area (Å²) < 4.78 is 0. The van der Waals surface area contributed by atoms with Gasteiger partial charge in [0, 0.05) is 17.3 Å². The molecule has 1 aromatic heterocycles. The third kappa shape index (κ3) is 2.27. The van der Waals surface area contributed by atoms with Crippen molar-refractivity contribution in [3.05, 3.63) is 72.6 Å². The topological polar surface area (TPSA) is 49.6 Å². The SMILES string of the molecule is N#Cc1nc(-c2ccccc2)ncc1-c1ccccc1.